The SMILES string of the molecule is CCOC(C)OCC.O=CCCO. The molecule has 0 rings (SSSR count). The van der Waals surface area contributed by atoms with Gasteiger partial charge in [-0.2, -0.15) is 0 Å². The van der Waals surface area contributed by atoms with Crippen LogP contribution in [0.3, 0.4) is 0 Å². The van der Waals surface area contributed by atoms with Crippen molar-refractivity contribution in [3.8, 4) is 0 Å². The second-order valence-electron chi connectivity index (χ2n) is 2.16. The van der Waals surface area contributed by atoms with Gasteiger partial charge in [-0.15, -0.1) is 0 Å². The minimum Gasteiger partial charge on any atom is -0.396 e. The van der Waals surface area contributed by atoms with Crippen LogP contribution in [0.5, 0.6) is 0 Å². The Morgan fingerprint density at radius 3 is 1.92 bits per heavy atom. The van der Waals surface area contributed by atoms with Gasteiger partial charge in [0, 0.05) is 26.2 Å². The first-order valence-corrected chi connectivity index (χ1v) is 4.50. The second kappa shape index (κ2) is 14.1. The molecule has 0 heterocycles. The molecular weight excluding hydrogens is 172 g/mol. The topological polar surface area (TPSA) is 55.8 Å². The molecule has 0 radical (unpaired) electrons. The number of carbonyl (C=O) groups is 1. The van der Waals surface area contributed by atoms with E-state index in [1.807, 2.05) is 20.8 Å². The maximum atomic E-state index is 9.24. The van der Waals surface area contributed by atoms with Gasteiger partial charge in [0.2, 0.25) is 0 Å². The third-order valence-corrected chi connectivity index (χ3v) is 1.05. The van der Waals surface area contributed by atoms with Crippen molar-refractivity contribution in [3.63, 3.8) is 0 Å². The summed E-state index contributed by atoms with van der Waals surface area (Å²) in [6.07, 6.45) is 0.907. The van der Waals surface area contributed by atoms with Gasteiger partial charge < -0.3 is 19.4 Å². The molecule has 0 amide bonds. The van der Waals surface area contributed by atoms with Crippen LogP contribution in [0.15, 0.2) is 0 Å². The fourth-order valence-electron chi connectivity index (χ4n) is 0.570. The minimum absolute atomic E-state index is 0.0243. The van der Waals surface area contributed by atoms with Crippen molar-refractivity contribution in [2.45, 2.75) is 33.5 Å². The number of ether oxygens (including phenoxy) is 2. The summed E-state index contributed by atoms with van der Waals surface area (Å²) in [5.74, 6) is 0. The molecule has 0 aliphatic rings. The zero-order chi connectivity index (χ0) is 10.5. The van der Waals surface area contributed by atoms with E-state index in [0.717, 1.165) is 13.2 Å². The quantitative estimate of drug-likeness (QED) is 0.503. The molecule has 13 heavy (non-hydrogen) atoms. The smallest absolute Gasteiger partial charge is 0.154 e. The van der Waals surface area contributed by atoms with Gasteiger partial charge in [-0.25, -0.2) is 0 Å². The van der Waals surface area contributed by atoms with Crippen molar-refractivity contribution in [1.29, 1.82) is 0 Å². The number of hydrogen-bond donors (Lipinski definition) is 1. The Balaban J connectivity index is 0. The summed E-state index contributed by atoms with van der Waals surface area (Å²) >= 11 is 0. The third kappa shape index (κ3) is 18.5. The van der Waals surface area contributed by atoms with Gasteiger partial charge in [0.1, 0.15) is 6.29 Å². The average Bonchev–Trinajstić information content (AvgIpc) is 2.08. The molecule has 80 valence electrons. The molecule has 0 atom stereocenters. The van der Waals surface area contributed by atoms with Crippen LogP contribution in [-0.4, -0.2) is 37.5 Å². The van der Waals surface area contributed by atoms with E-state index in [9.17, 15) is 4.79 Å². The Bertz CT molecular complexity index is 89.6. The van der Waals surface area contributed by atoms with Crippen molar-refractivity contribution >= 4 is 6.29 Å². The first-order chi connectivity index (χ1) is 6.22. The van der Waals surface area contributed by atoms with Crippen LogP contribution in [0.25, 0.3) is 0 Å². The Labute approximate surface area is 79.8 Å². The van der Waals surface area contributed by atoms with Crippen LogP contribution in [0.4, 0.5) is 0 Å². The molecule has 0 aromatic rings. The molecule has 0 unspecified atom stereocenters. The van der Waals surface area contributed by atoms with Gasteiger partial charge in [-0.05, 0) is 20.8 Å². The lowest BCUT2D eigenvalue weighted by Crippen LogP contribution is -2.11. The van der Waals surface area contributed by atoms with Crippen LogP contribution < -0.4 is 0 Å². The molecule has 0 bridgehead atoms. The van der Waals surface area contributed by atoms with E-state index in [1.54, 1.807) is 0 Å². The zero-order valence-electron chi connectivity index (χ0n) is 8.66. The highest BCUT2D eigenvalue weighted by Crippen LogP contribution is 1.90. The van der Waals surface area contributed by atoms with E-state index < -0.39 is 0 Å². The standard InChI is InChI=1S/C6H14O2.C3H6O2/c1-4-7-6(3)8-5-2;4-2-1-3-5/h6H,4-5H2,1-3H3;2,5H,1,3H2. The first kappa shape index (κ1) is 15.0. The molecule has 4 heteroatoms. The lowest BCUT2D eigenvalue weighted by molar-refractivity contribution is -0.123. The number of carbonyl (C=O) groups excluding carboxylic acids is 1. The summed E-state index contributed by atoms with van der Waals surface area (Å²) in [5.41, 5.74) is 0. The van der Waals surface area contributed by atoms with Crippen LogP contribution in [-0.2, 0) is 14.3 Å². The third-order valence-electron chi connectivity index (χ3n) is 1.05. The van der Waals surface area contributed by atoms with Crippen molar-refractivity contribution in [1.82, 2.24) is 0 Å². The molecule has 1 N–H and O–H groups in total. The Morgan fingerprint density at radius 1 is 1.31 bits per heavy atom. The molecule has 0 aliphatic carbocycles. The first-order valence-electron chi connectivity index (χ1n) is 4.50. The average molecular weight is 192 g/mol. The summed E-state index contributed by atoms with van der Waals surface area (Å²) in [5, 5.41) is 7.84. The lowest BCUT2D eigenvalue weighted by Gasteiger charge is -2.09. The fraction of sp³-hybridized carbons (Fsp3) is 0.889. The maximum Gasteiger partial charge on any atom is 0.154 e. The van der Waals surface area contributed by atoms with Crippen molar-refractivity contribution in [2.24, 2.45) is 0 Å². The molecule has 0 aliphatic heterocycles. The van der Waals surface area contributed by atoms with Crippen LogP contribution in [0.2, 0.25) is 0 Å². The van der Waals surface area contributed by atoms with E-state index in [4.69, 9.17) is 14.6 Å². The Kier molecular flexibility index (Phi) is 16.3. The van der Waals surface area contributed by atoms with Crippen LogP contribution in [0.1, 0.15) is 27.2 Å². The normalized spacial score (nSPS) is 9.31. The van der Waals surface area contributed by atoms with Gasteiger partial charge >= 0.3 is 0 Å². The van der Waals surface area contributed by atoms with Gasteiger partial charge in [0.25, 0.3) is 0 Å². The fourth-order valence-corrected chi connectivity index (χ4v) is 0.570. The van der Waals surface area contributed by atoms with E-state index in [-0.39, 0.29) is 19.3 Å². The highest BCUT2D eigenvalue weighted by molar-refractivity contribution is 5.49. The van der Waals surface area contributed by atoms with Crippen LogP contribution in [0, 0.1) is 0 Å². The van der Waals surface area contributed by atoms with E-state index in [1.165, 1.54) is 0 Å². The van der Waals surface area contributed by atoms with E-state index in [0.29, 0.717) is 6.29 Å². The largest absolute Gasteiger partial charge is 0.396 e. The van der Waals surface area contributed by atoms with Gasteiger partial charge in [-0.3, -0.25) is 0 Å². The van der Waals surface area contributed by atoms with Gasteiger partial charge in [0.15, 0.2) is 6.29 Å². The highest BCUT2D eigenvalue weighted by Gasteiger charge is 1.94. The molecule has 4 nitrogen and oxygen atoms in total. The van der Waals surface area contributed by atoms with E-state index >= 15 is 0 Å². The van der Waals surface area contributed by atoms with Crippen molar-refractivity contribution in [2.75, 3.05) is 19.8 Å². The monoisotopic (exact) mass is 192 g/mol. The summed E-state index contributed by atoms with van der Waals surface area (Å²) in [6, 6.07) is 0. The predicted octanol–water partition coefficient (Wildman–Crippen LogP) is 0.973. The zero-order valence-corrected chi connectivity index (χ0v) is 8.66. The van der Waals surface area contributed by atoms with Crippen molar-refractivity contribution in [3.05, 3.63) is 0 Å². The number of aldehydes is 1. The van der Waals surface area contributed by atoms with E-state index in [2.05, 4.69) is 0 Å². The van der Waals surface area contributed by atoms with Crippen molar-refractivity contribution < 1.29 is 19.4 Å². The molecule has 0 aromatic carbocycles. The number of rotatable bonds is 6. The number of aliphatic hydroxyl groups excluding tert-OH is 1. The molecule has 0 fully saturated rings. The summed E-state index contributed by atoms with van der Waals surface area (Å²) in [4.78, 5) is 9.24. The predicted molar refractivity (Wildman–Crippen MR) is 50.5 cm³/mol. The minimum atomic E-state index is -0.0370. The number of aliphatic hydroxyl groups is 1. The lowest BCUT2D eigenvalue weighted by atomic mass is 10.5. The molecule has 0 aromatic heterocycles. The molecule has 0 spiro atoms. The van der Waals surface area contributed by atoms with Gasteiger partial charge in [0.05, 0.1) is 0 Å². The molecular formula is C9H20O4. The summed E-state index contributed by atoms with van der Waals surface area (Å²) in [7, 11) is 0. The second-order valence-corrected chi connectivity index (χ2v) is 2.16. The van der Waals surface area contributed by atoms with Crippen LogP contribution >= 0.6 is 0 Å². The maximum absolute atomic E-state index is 9.24. The highest BCUT2D eigenvalue weighted by atomic mass is 16.7. The van der Waals surface area contributed by atoms with Gasteiger partial charge in [-0.1, -0.05) is 0 Å². The number of hydrogen-bond acceptors (Lipinski definition) is 4. The summed E-state index contributed by atoms with van der Waals surface area (Å²) in [6.45, 7) is 7.23. The summed E-state index contributed by atoms with van der Waals surface area (Å²) < 4.78 is 10.1. The molecule has 0 saturated heterocycles. The Hall–Kier alpha value is -0.450. The Morgan fingerprint density at radius 2 is 1.77 bits per heavy atom. The molecule has 0 saturated carbocycles.